The number of hydrogen-bond donors (Lipinski definition) is 1. The van der Waals surface area contributed by atoms with E-state index in [0.29, 0.717) is 17.9 Å². The lowest BCUT2D eigenvalue weighted by Crippen LogP contribution is -2.31. The first-order valence-electron chi connectivity index (χ1n) is 8.95. The van der Waals surface area contributed by atoms with E-state index in [-0.39, 0.29) is 23.3 Å². The Hall–Kier alpha value is -3.23. The maximum atomic E-state index is 13.4. The third-order valence-corrected chi connectivity index (χ3v) is 4.59. The van der Waals surface area contributed by atoms with Crippen molar-refractivity contribution in [3.8, 4) is 0 Å². The van der Waals surface area contributed by atoms with Gasteiger partial charge in [-0.05, 0) is 31.0 Å². The van der Waals surface area contributed by atoms with Gasteiger partial charge in [-0.2, -0.15) is 0 Å². The van der Waals surface area contributed by atoms with Crippen LogP contribution in [-0.2, 0) is 24.9 Å². The van der Waals surface area contributed by atoms with E-state index in [1.165, 1.54) is 21.3 Å². The van der Waals surface area contributed by atoms with Crippen molar-refractivity contribution in [2.75, 3.05) is 0 Å². The summed E-state index contributed by atoms with van der Waals surface area (Å²) in [5.74, 6) is -0.924. The molecule has 28 heavy (non-hydrogen) atoms. The number of aromatic nitrogens is 4. The van der Waals surface area contributed by atoms with Crippen LogP contribution in [0.5, 0.6) is 0 Å². The molecule has 8 nitrogen and oxygen atoms in total. The lowest BCUT2D eigenvalue weighted by molar-refractivity contribution is 0.0458. The summed E-state index contributed by atoms with van der Waals surface area (Å²) in [6.45, 7) is 3.87. The molecule has 1 N–H and O–H groups in total. The summed E-state index contributed by atoms with van der Waals surface area (Å²) < 4.78 is 21.6. The number of benzene rings is 1. The molecule has 0 aliphatic carbocycles. The van der Waals surface area contributed by atoms with Crippen LogP contribution in [0.25, 0.3) is 11.2 Å². The number of ether oxygens (including phenoxy) is 1. The number of fused-ring (bicyclic) bond motifs is 1. The fourth-order valence-electron chi connectivity index (χ4n) is 2.97. The minimum absolute atomic E-state index is 0.122. The van der Waals surface area contributed by atoms with E-state index < -0.39 is 23.0 Å². The lowest BCUT2D eigenvalue weighted by atomic mass is 10.1. The number of unbranched alkanes of at least 4 members (excludes halogenated alkanes) is 1. The van der Waals surface area contributed by atoms with Gasteiger partial charge in [0.2, 0.25) is 0 Å². The van der Waals surface area contributed by atoms with Gasteiger partial charge in [0.1, 0.15) is 18.2 Å². The first-order chi connectivity index (χ1) is 13.3. The molecule has 148 valence electrons. The normalized spacial score (nSPS) is 11.1. The number of esters is 1. The molecule has 0 saturated carbocycles. The molecule has 3 rings (SSSR count). The zero-order chi connectivity index (χ0) is 20.4. The van der Waals surface area contributed by atoms with E-state index >= 15 is 0 Å². The Labute approximate surface area is 159 Å². The van der Waals surface area contributed by atoms with Crippen LogP contribution in [0.15, 0.2) is 27.8 Å². The minimum Gasteiger partial charge on any atom is -0.454 e. The van der Waals surface area contributed by atoms with E-state index in [0.717, 1.165) is 18.9 Å². The number of halogens is 1. The molecular weight excluding hydrogens is 367 g/mol. The number of carbonyl (C=O) groups is 1. The monoisotopic (exact) mass is 388 g/mol. The van der Waals surface area contributed by atoms with Crippen LogP contribution in [0.2, 0.25) is 0 Å². The molecule has 1 aromatic carbocycles. The highest BCUT2D eigenvalue weighted by Crippen LogP contribution is 2.15. The van der Waals surface area contributed by atoms with Crippen molar-refractivity contribution in [2.24, 2.45) is 7.05 Å². The van der Waals surface area contributed by atoms with Crippen LogP contribution in [0, 0.1) is 12.7 Å². The van der Waals surface area contributed by atoms with Gasteiger partial charge in [-0.25, -0.2) is 19.0 Å². The standard InChI is InChI=1S/C19H21FN4O4/c1-4-5-8-24-16-15(17(25)22-19(24)27)23(3)14(21-16)10-28-18(26)13-9-12(20)7-6-11(13)2/h6-7,9H,4-5,8,10H2,1-3H3,(H,22,25,27). The van der Waals surface area contributed by atoms with E-state index in [4.69, 9.17) is 4.74 Å². The zero-order valence-electron chi connectivity index (χ0n) is 15.9. The highest BCUT2D eigenvalue weighted by atomic mass is 19.1. The van der Waals surface area contributed by atoms with Gasteiger partial charge < -0.3 is 9.30 Å². The van der Waals surface area contributed by atoms with Gasteiger partial charge in [-0.3, -0.25) is 14.3 Å². The number of rotatable bonds is 6. The maximum absolute atomic E-state index is 13.4. The van der Waals surface area contributed by atoms with Crippen molar-refractivity contribution < 1.29 is 13.9 Å². The van der Waals surface area contributed by atoms with E-state index in [1.54, 1.807) is 14.0 Å². The summed E-state index contributed by atoms with van der Waals surface area (Å²) in [5, 5.41) is 0. The average Bonchev–Trinajstić information content (AvgIpc) is 2.98. The summed E-state index contributed by atoms with van der Waals surface area (Å²) in [5.41, 5.74) is 0.100. The molecule has 0 saturated heterocycles. The van der Waals surface area contributed by atoms with Crippen LogP contribution in [0.4, 0.5) is 4.39 Å². The number of nitrogens with zero attached hydrogens (tertiary/aromatic N) is 3. The molecule has 0 aliphatic rings. The van der Waals surface area contributed by atoms with E-state index in [9.17, 15) is 18.8 Å². The van der Waals surface area contributed by atoms with Crippen molar-refractivity contribution in [1.29, 1.82) is 0 Å². The Kier molecular flexibility index (Phi) is 5.43. The van der Waals surface area contributed by atoms with Crippen LogP contribution < -0.4 is 11.2 Å². The minimum atomic E-state index is -0.693. The fourth-order valence-corrected chi connectivity index (χ4v) is 2.97. The van der Waals surface area contributed by atoms with Crippen LogP contribution >= 0.6 is 0 Å². The smallest absolute Gasteiger partial charge is 0.338 e. The Morgan fingerprint density at radius 3 is 2.79 bits per heavy atom. The van der Waals surface area contributed by atoms with Gasteiger partial charge in [-0.15, -0.1) is 0 Å². The number of carbonyl (C=O) groups excluding carboxylic acids is 1. The third-order valence-electron chi connectivity index (χ3n) is 4.59. The summed E-state index contributed by atoms with van der Waals surface area (Å²) in [4.78, 5) is 43.3. The lowest BCUT2D eigenvalue weighted by Gasteiger charge is -2.07. The predicted molar refractivity (Wildman–Crippen MR) is 101 cm³/mol. The summed E-state index contributed by atoms with van der Waals surface area (Å²) in [7, 11) is 1.61. The molecule has 2 aromatic heterocycles. The number of aromatic amines is 1. The Balaban J connectivity index is 1.93. The van der Waals surface area contributed by atoms with Gasteiger partial charge in [0, 0.05) is 13.6 Å². The number of aryl methyl sites for hydroxylation is 3. The highest BCUT2D eigenvalue weighted by molar-refractivity contribution is 5.91. The second kappa shape index (κ2) is 7.79. The summed E-state index contributed by atoms with van der Waals surface area (Å²) in [6.07, 6.45) is 1.62. The van der Waals surface area contributed by atoms with Gasteiger partial charge in [0.15, 0.2) is 11.2 Å². The summed E-state index contributed by atoms with van der Waals surface area (Å²) in [6, 6.07) is 3.87. The van der Waals surface area contributed by atoms with Crippen LogP contribution in [0.3, 0.4) is 0 Å². The molecule has 0 spiro atoms. The van der Waals surface area contributed by atoms with Crippen molar-refractivity contribution in [3.63, 3.8) is 0 Å². The Morgan fingerprint density at radius 2 is 2.07 bits per heavy atom. The van der Waals surface area contributed by atoms with Crippen LogP contribution in [0.1, 0.15) is 41.5 Å². The van der Waals surface area contributed by atoms with Crippen molar-refractivity contribution >= 4 is 17.1 Å². The molecule has 0 bridgehead atoms. The van der Waals surface area contributed by atoms with Crippen molar-refractivity contribution in [3.05, 3.63) is 61.8 Å². The van der Waals surface area contributed by atoms with Gasteiger partial charge in [0.05, 0.1) is 5.56 Å². The molecule has 0 fully saturated rings. The quantitative estimate of drug-likeness (QED) is 0.652. The van der Waals surface area contributed by atoms with E-state index in [2.05, 4.69) is 9.97 Å². The SMILES string of the molecule is CCCCn1c(=O)[nH]c(=O)c2c1nc(COC(=O)c1cc(F)ccc1C)n2C. The Morgan fingerprint density at radius 1 is 1.32 bits per heavy atom. The van der Waals surface area contributed by atoms with Crippen molar-refractivity contribution in [1.82, 2.24) is 19.1 Å². The van der Waals surface area contributed by atoms with Gasteiger partial charge >= 0.3 is 11.7 Å². The second-order valence-corrected chi connectivity index (χ2v) is 6.56. The topological polar surface area (TPSA) is 99.0 Å². The number of imidazole rings is 1. The first-order valence-corrected chi connectivity index (χ1v) is 8.95. The molecule has 3 aromatic rings. The molecule has 9 heteroatoms. The number of hydrogen-bond acceptors (Lipinski definition) is 5. The number of H-pyrrole nitrogens is 1. The Bertz CT molecular complexity index is 1160. The maximum Gasteiger partial charge on any atom is 0.338 e. The highest BCUT2D eigenvalue weighted by Gasteiger charge is 2.18. The second-order valence-electron chi connectivity index (χ2n) is 6.56. The predicted octanol–water partition coefficient (Wildman–Crippen LogP) is 2.03. The summed E-state index contributed by atoms with van der Waals surface area (Å²) >= 11 is 0. The third kappa shape index (κ3) is 3.60. The van der Waals surface area contributed by atoms with Gasteiger partial charge in [0.25, 0.3) is 5.56 Å². The molecule has 2 heterocycles. The van der Waals surface area contributed by atoms with Crippen molar-refractivity contribution in [2.45, 2.75) is 39.8 Å². The molecule has 0 amide bonds. The van der Waals surface area contributed by atoms with Gasteiger partial charge in [-0.1, -0.05) is 19.4 Å². The largest absolute Gasteiger partial charge is 0.454 e. The molecule has 0 atom stereocenters. The molecular formula is C19H21FN4O4. The van der Waals surface area contributed by atoms with E-state index in [1.807, 2.05) is 6.92 Å². The first kappa shape index (κ1) is 19.5. The molecule has 0 radical (unpaired) electrons. The fraction of sp³-hybridized carbons (Fsp3) is 0.368. The average molecular weight is 388 g/mol. The molecule has 0 aliphatic heterocycles. The number of nitrogens with one attached hydrogen (secondary N) is 1. The van der Waals surface area contributed by atoms with Crippen LogP contribution in [-0.4, -0.2) is 25.1 Å². The molecule has 0 unspecified atom stereocenters. The zero-order valence-corrected chi connectivity index (χ0v) is 15.9.